The SMILES string of the molecule is CC(O)CN(C)CCCC(=O)Nc1ccccc1C(N)=S. The number of rotatable bonds is 8. The van der Waals surface area contributed by atoms with Crippen LogP contribution in [0.1, 0.15) is 25.3 Å². The van der Waals surface area contributed by atoms with Crippen LogP contribution in [0.5, 0.6) is 0 Å². The first-order chi connectivity index (χ1) is 9.90. The van der Waals surface area contributed by atoms with Gasteiger partial charge >= 0.3 is 0 Å². The van der Waals surface area contributed by atoms with Gasteiger partial charge in [-0.25, -0.2) is 0 Å². The number of hydrogen-bond acceptors (Lipinski definition) is 4. The Kier molecular flexibility index (Phi) is 7.28. The molecule has 5 nitrogen and oxygen atoms in total. The van der Waals surface area contributed by atoms with Crippen molar-refractivity contribution in [2.75, 3.05) is 25.5 Å². The van der Waals surface area contributed by atoms with Gasteiger partial charge in [-0.2, -0.15) is 0 Å². The summed E-state index contributed by atoms with van der Waals surface area (Å²) in [6.07, 6.45) is 0.779. The van der Waals surface area contributed by atoms with Gasteiger partial charge in [-0.1, -0.05) is 24.4 Å². The third kappa shape index (κ3) is 6.66. The monoisotopic (exact) mass is 309 g/mol. The number of aliphatic hydroxyl groups is 1. The van der Waals surface area contributed by atoms with E-state index in [9.17, 15) is 9.90 Å². The fourth-order valence-electron chi connectivity index (χ4n) is 2.07. The van der Waals surface area contributed by atoms with Crippen molar-refractivity contribution in [2.24, 2.45) is 5.73 Å². The van der Waals surface area contributed by atoms with Crippen LogP contribution >= 0.6 is 12.2 Å². The zero-order valence-electron chi connectivity index (χ0n) is 12.5. The summed E-state index contributed by atoms with van der Waals surface area (Å²) in [7, 11) is 1.92. The average molecular weight is 309 g/mol. The third-order valence-corrected chi connectivity index (χ3v) is 3.21. The number of nitrogens with one attached hydrogen (secondary N) is 1. The molecule has 1 atom stereocenters. The zero-order valence-corrected chi connectivity index (χ0v) is 13.3. The molecule has 0 saturated heterocycles. The van der Waals surface area contributed by atoms with Crippen molar-refractivity contribution in [3.8, 4) is 0 Å². The number of amides is 1. The Balaban J connectivity index is 2.43. The molecular weight excluding hydrogens is 286 g/mol. The molecule has 0 spiro atoms. The molecule has 0 aromatic heterocycles. The fraction of sp³-hybridized carbons (Fsp3) is 0.467. The summed E-state index contributed by atoms with van der Waals surface area (Å²) in [5, 5.41) is 12.1. The quantitative estimate of drug-likeness (QED) is 0.632. The molecule has 1 aromatic rings. The van der Waals surface area contributed by atoms with Crippen LogP contribution in [-0.4, -0.2) is 47.1 Å². The Bertz CT molecular complexity index is 492. The molecular formula is C15H23N3O2S. The number of benzene rings is 1. The molecule has 0 bridgehead atoms. The smallest absolute Gasteiger partial charge is 0.224 e. The minimum atomic E-state index is -0.360. The number of nitrogens with zero attached hydrogens (tertiary/aromatic N) is 1. The predicted molar refractivity (Wildman–Crippen MR) is 89.4 cm³/mol. The number of likely N-dealkylation sites (N-methyl/N-ethyl adjacent to an activating group) is 1. The minimum absolute atomic E-state index is 0.0656. The van der Waals surface area contributed by atoms with Gasteiger partial charge < -0.3 is 21.1 Å². The normalized spacial score (nSPS) is 12.2. The van der Waals surface area contributed by atoms with E-state index in [1.165, 1.54) is 0 Å². The molecule has 1 amide bonds. The summed E-state index contributed by atoms with van der Waals surface area (Å²) >= 11 is 4.96. The Hall–Kier alpha value is -1.50. The lowest BCUT2D eigenvalue weighted by molar-refractivity contribution is -0.116. The van der Waals surface area contributed by atoms with E-state index in [1.807, 2.05) is 24.1 Å². The highest BCUT2D eigenvalue weighted by Crippen LogP contribution is 2.15. The lowest BCUT2D eigenvalue weighted by atomic mass is 10.1. The van der Waals surface area contributed by atoms with E-state index < -0.39 is 0 Å². The molecule has 0 aliphatic heterocycles. The van der Waals surface area contributed by atoms with Gasteiger partial charge in [0.25, 0.3) is 0 Å². The van der Waals surface area contributed by atoms with Crippen molar-refractivity contribution in [3.05, 3.63) is 29.8 Å². The second-order valence-electron chi connectivity index (χ2n) is 5.17. The second-order valence-corrected chi connectivity index (χ2v) is 5.61. The van der Waals surface area contributed by atoms with Crippen LogP contribution in [0.3, 0.4) is 0 Å². The summed E-state index contributed by atoms with van der Waals surface area (Å²) in [4.78, 5) is 14.2. The molecule has 0 aliphatic rings. The van der Waals surface area contributed by atoms with Crippen LogP contribution in [0, 0.1) is 0 Å². The lowest BCUT2D eigenvalue weighted by Gasteiger charge is -2.18. The standard InChI is InChI=1S/C15H23N3O2S/c1-11(19)10-18(2)9-5-8-14(20)17-13-7-4-3-6-12(13)15(16)21/h3-4,6-7,11,19H,5,8-10H2,1-2H3,(H2,16,21)(H,17,20). The van der Waals surface area contributed by atoms with E-state index >= 15 is 0 Å². The van der Waals surface area contributed by atoms with Gasteiger partial charge in [0.15, 0.2) is 0 Å². The maximum Gasteiger partial charge on any atom is 0.224 e. The van der Waals surface area contributed by atoms with Gasteiger partial charge in [0.2, 0.25) is 5.91 Å². The highest BCUT2D eigenvalue weighted by atomic mass is 32.1. The van der Waals surface area contributed by atoms with Crippen molar-refractivity contribution >= 4 is 28.8 Å². The van der Waals surface area contributed by atoms with Gasteiger partial charge in [-0.3, -0.25) is 4.79 Å². The molecule has 116 valence electrons. The molecule has 1 rings (SSSR count). The number of carbonyl (C=O) groups excluding carboxylic acids is 1. The van der Waals surface area contributed by atoms with Crippen LogP contribution in [0.25, 0.3) is 0 Å². The Morgan fingerprint density at radius 2 is 2.14 bits per heavy atom. The zero-order chi connectivity index (χ0) is 15.8. The highest BCUT2D eigenvalue weighted by Gasteiger charge is 2.09. The van der Waals surface area contributed by atoms with Crippen LogP contribution in [-0.2, 0) is 4.79 Å². The van der Waals surface area contributed by atoms with Gasteiger partial charge in [0.05, 0.1) is 11.8 Å². The summed E-state index contributed by atoms with van der Waals surface area (Å²) in [5.41, 5.74) is 6.95. The van der Waals surface area contributed by atoms with Gasteiger partial charge in [0, 0.05) is 18.5 Å². The number of para-hydroxylation sites is 1. The van der Waals surface area contributed by atoms with Gasteiger partial charge in [0.1, 0.15) is 4.99 Å². The van der Waals surface area contributed by atoms with Gasteiger partial charge in [-0.15, -0.1) is 0 Å². The maximum atomic E-state index is 11.9. The first-order valence-electron chi connectivity index (χ1n) is 6.95. The fourth-order valence-corrected chi connectivity index (χ4v) is 2.25. The second kappa shape index (κ2) is 8.71. The van der Waals surface area contributed by atoms with Crippen molar-refractivity contribution in [3.63, 3.8) is 0 Å². The topological polar surface area (TPSA) is 78.6 Å². The lowest BCUT2D eigenvalue weighted by Crippen LogP contribution is -2.28. The maximum absolute atomic E-state index is 11.9. The Morgan fingerprint density at radius 1 is 1.48 bits per heavy atom. The summed E-state index contributed by atoms with van der Waals surface area (Å²) < 4.78 is 0. The molecule has 0 heterocycles. The van der Waals surface area contributed by atoms with Crippen molar-refractivity contribution < 1.29 is 9.90 Å². The molecule has 6 heteroatoms. The summed E-state index contributed by atoms with van der Waals surface area (Å²) in [6.45, 7) is 3.11. The Morgan fingerprint density at radius 3 is 2.76 bits per heavy atom. The molecule has 1 unspecified atom stereocenters. The Labute approximate surface area is 131 Å². The van der Waals surface area contributed by atoms with Crippen LogP contribution in [0.2, 0.25) is 0 Å². The van der Waals surface area contributed by atoms with Crippen molar-refractivity contribution in [1.82, 2.24) is 4.90 Å². The van der Waals surface area contributed by atoms with Gasteiger partial charge in [-0.05, 0) is 39.1 Å². The number of aliphatic hydroxyl groups excluding tert-OH is 1. The highest BCUT2D eigenvalue weighted by molar-refractivity contribution is 7.80. The molecule has 1 aromatic carbocycles. The van der Waals surface area contributed by atoms with Crippen LogP contribution in [0.4, 0.5) is 5.69 Å². The molecule has 0 aliphatic carbocycles. The molecule has 0 saturated carbocycles. The van der Waals surface area contributed by atoms with E-state index in [0.717, 1.165) is 13.0 Å². The molecule has 21 heavy (non-hydrogen) atoms. The average Bonchev–Trinajstić information content (AvgIpc) is 2.38. The molecule has 0 fully saturated rings. The van der Waals surface area contributed by atoms with Crippen molar-refractivity contribution in [2.45, 2.75) is 25.9 Å². The minimum Gasteiger partial charge on any atom is -0.392 e. The van der Waals surface area contributed by atoms with E-state index in [1.54, 1.807) is 19.1 Å². The van der Waals surface area contributed by atoms with Crippen molar-refractivity contribution in [1.29, 1.82) is 0 Å². The predicted octanol–water partition coefficient (Wildman–Crippen LogP) is 1.35. The number of hydrogen-bond donors (Lipinski definition) is 3. The molecule has 4 N–H and O–H groups in total. The summed E-state index contributed by atoms with van der Waals surface area (Å²) in [6, 6.07) is 7.23. The third-order valence-electron chi connectivity index (χ3n) is 2.99. The van der Waals surface area contributed by atoms with E-state index in [2.05, 4.69) is 5.32 Å². The van der Waals surface area contributed by atoms with Crippen LogP contribution in [0.15, 0.2) is 24.3 Å². The van der Waals surface area contributed by atoms with E-state index in [0.29, 0.717) is 24.2 Å². The summed E-state index contributed by atoms with van der Waals surface area (Å²) in [5.74, 6) is -0.0656. The van der Waals surface area contributed by atoms with Crippen LogP contribution < -0.4 is 11.1 Å². The number of thiocarbonyl (C=S) groups is 1. The molecule has 0 radical (unpaired) electrons. The van der Waals surface area contributed by atoms with E-state index in [-0.39, 0.29) is 17.0 Å². The first-order valence-corrected chi connectivity index (χ1v) is 7.36. The van der Waals surface area contributed by atoms with E-state index in [4.69, 9.17) is 18.0 Å². The largest absolute Gasteiger partial charge is 0.392 e. The number of anilines is 1. The number of nitrogens with two attached hydrogens (primary N) is 1. The number of carbonyl (C=O) groups is 1. The first kappa shape index (κ1) is 17.6.